The summed E-state index contributed by atoms with van der Waals surface area (Å²) < 4.78 is 164. The fraction of sp³-hybridized carbons (Fsp3) is 1.00. The van der Waals surface area contributed by atoms with Gasteiger partial charge in [-0.15, -0.1) is 0 Å². The minimum Gasteiger partial charge on any atom is -0.396 e. The molecule has 0 aliphatic heterocycles. The summed E-state index contributed by atoms with van der Waals surface area (Å²) in [6, 6.07) is 0. The van der Waals surface area contributed by atoms with Crippen molar-refractivity contribution >= 4 is 0 Å². The molecule has 0 saturated carbocycles. The summed E-state index contributed by atoms with van der Waals surface area (Å²) in [4.78, 5) is 0. The summed E-state index contributed by atoms with van der Waals surface area (Å²) in [6.07, 6.45) is -5.29. The van der Waals surface area contributed by atoms with Gasteiger partial charge < -0.3 is 5.11 Å². The molecule has 0 atom stereocenters. The minimum atomic E-state index is -7.47. The zero-order chi connectivity index (χ0) is 24.8. The highest BCUT2D eigenvalue weighted by Gasteiger charge is 2.89. The van der Waals surface area contributed by atoms with Crippen LogP contribution in [0.15, 0.2) is 0 Å². The number of unbranched alkanes of at least 4 members (excludes halogenated alkanes) is 6. The van der Waals surface area contributed by atoms with E-state index in [4.69, 9.17) is 5.11 Å². The van der Waals surface area contributed by atoms with Crippen LogP contribution >= 0.6 is 0 Å². The van der Waals surface area contributed by atoms with E-state index in [9.17, 15) is 52.7 Å². The molecule has 1 nitrogen and oxygen atoms in total. The van der Waals surface area contributed by atoms with Gasteiger partial charge >= 0.3 is 35.5 Å². The van der Waals surface area contributed by atoms with Crippen LogP contribution in [-0.2, 0) is 0 Å². The van der Waals surface area contributed by atoms with E-state index in [1.165, 1.54) is 6.92 Å². The molecule has 0 fully saturated rings. The van der Waals surface area contributed by atoms with Crippen LogP contribution < -0.4 is 0 Å². The maximum Gasteiger partial charge on any atom is 0.384 e. The SMILES string of the molecule is CCCCCC(F)(F)C(F)(F)C(F)(F)C(F)(F)C(F)(F)C(F)(F)CCCCCCCO. The third-order valence-electron chi connectivity index (χ3n) is 4.84. The number of alkyl halides is 12. The molecule has 0 aromatic heterocycles. The number of hydrogen-bond donors (Lipinski definition) is 1. The van der Waals surface area contributed by atoms with Gasteiger partial charge in [-0.05, 0) is 19.3 Å². The van der Waals surface area contributed by atoms with E-state index in [1.54, 1.807) is 0 Å². The van der Waals surface area contributed by atoms with Crippen molar-refractivity contribution in [3.05, 3.63) is 0 Å². The number of aliphatic hydroxyl groups is 1. The van der Waals surface area contributed by atoms with E-state index < -0.39 is 61.2 Å². The molecule has 0 bridgehead atoms. The Labute approximate surface area is 172 Å². The Morgan fingerprint density at radius 2 is 0.774 bits per heavy atom. The molecule has 0 saturated heterocycles. The van der Waals surface area contributed by atoms with Crippen LogP contribution in [0.5, 0.6) is 0 Å². The van der Waals surface area contributed by atoms with Gasteiger partial charge in [0.05, 0.1) is 0 Å². The van der Waals surface area contributed by atoms with Gasteiger partial charge in [0.2, 0.25) is 0 Å². The smallest absolute Gasteiger partial charge is 0.384 e. The molecule has 0 amide bonds. The third-order valence-corrected chi connectivity index (χ3v) is 4.84. The Hall–Kier alpha value is -0.880. The monoisotopic (exact) mass is 486 g/mol. The molecular weight excluding hydrogens is 460 g/mol. The molecule has 0 spiro atoms. The summed E-state index contributed by atoms with van der Waals surface area (Å²) in [7, 11) is 0. The van der Waals surface area contributed by atoms with Crippen LogP contribution in [0.1, 0.15) is 71.1 Å². The first kappa shape index (κ1) is 30.1. The first-order valence-electron chi connectivity index (χ1n) is 9.75. The van der Waals surface area contributed by atoms with Gasteiger partial charge in [-0.2, -0.15) is 52.7 Å². The lowest BCUT2D eigenvalue weighted by Crippen LogP contribution is -2.70. The van der Waals surface area contributed by atoms with E-state index in [-0.39, 0.29) is 45.1 Å². The molecular formula is C18H26F12O. The second-order valence-corrected chi connectivity index (χ2v) is 7.40. The highest BCUT2D eigenvalue weighted by Crippen LogP contribution is 2.61. The first-order chi connectivity index (χ1) is 13.9. The Kier molecular flexibility index (Phi) is 10.5. The third kappa shape index (κ3) is 6.13. The predicted molar refractivity (Wildman–Crippen MR) is 88.6 cm³/mol. The summed E-state index contributed by atoms with van der Waals surface area (Å²) in [5, 5.41) is 8.52. The summed E-state index contributed by atoms with van der Waals surface area (Å²) in [6.45, 7) is 1.18. The molecule has 0 radical (unpaired) electrons. The molecule has 188 valence electrons. The summed E-state index contributed by atoms with van der Waals surface area (Å²) >= 11 is 0. The summed E-state index contributed by atoms with van der Waals surface area (Å²) in [5.41, 5.74) is 0. The Morgan fingerprint density at radius 3 is 1.13 bits per heavy atom. The molecule has 1 N–H and O–H groups in total. The average Bonchev–Trinajstić information content (AvgIpc) is 2.63. The lowest BCUT2D eigenvalue weighted by Gasteiger charge is -2.41. The van der Waals surface area contributed by atoms with Gasteiger partial charge in [-0.25, -0.2) is 0 Å². The second kappa shape index (κ2) is 10.8. The lowest BCUT2D eigenvalue weighted by atomic mass is 9.88. The molecule has 0 aromatic rings. The van der Waals surface area contributed by atoms with Crippen molar-refractivity contribution in [3.63, 3.8) is 0 Å². The van der Waals surface area contributed by atoms with E-state index in [0.717, 1.165) is 0 Å². The Balaban J connectivity index is 5.64. The topological polar surface area (TPSA) is 20.2 Å². The van der Waals surface area contributed by atoms with Crippen molar-refractivity contribution in [2.75, 3.05) is 6.61 Å². The van der Waals surface area contributed by atoms with Gasteiger partial charge in [0.1, 0.15) is 0 Å². The van der Waals surface area contributed by atoms with Crippen LogP contribution in [0.3, 0.4) is 0 Å². The molecule has 0 rings (SSSR count). The van der Waals surface area contributed by atoms with Gasteiger partial charge in [0, 0.05) is 19.4 Å². The van der Waals surface area contributed by atoms with Crippen LogP contribution in [-0.4, -0.2) is 47.2 Å². The number of hydrogen-bond acceptors (Lipinski definition) is 1. The van der Waals surface area contributed by atoms with Crippen LogP contribution in [0.25, 0.3) is 0 Å². The van der Waals surface area contributed by atoms with Gasteiger partial charge in [-0.1, -0.05) is 39.0 Å². The molecule has 0 unspecified atom stereocenters. The Bertz CT molecular complexity index is 534. The number of halogens is 12. The lowest BCUT2D eigenvalue weighted by molar-refractivity contribution is -0.425. The zero-order valence-electron chi connectivity index (χ0n) is 16.8. The Morgan fingerprint density at radius 1 is 0.452 bits per heavy atom. The standard InChI is InChI=1S/C18H26F12O/c1-2-3-7-10-13(19,20)15(23,24)17(27,28)18(29,30)16(25,26)14(21,22)11-8-5-4-6-9-12-31/h31H,2-12H2,1H3. The van der Waals surface area contributed by atoms with E-state index in [0.29, 0.717) is 0 Å². The second-order valence-electron chi connectivity index (χ2n) is 7.40. The van der Waals surface area contributed by atoms with Crippen molar-refractivity contribution in [2.24, 2.45) is 0 Å². The number of aliphatic hydroxyl groups excluding tert-OH is 1. The van der Waals surface area contributed by atoms with Crippen molar-refractivity contribution in [1.29, 1.82) is 0 Å². The van der Waals surface area contributed by atoms with Crippen LogP contribution in [0, 0.1) is 0 Å². The molecule has 0 aromatic carbocycles. The van der Waals surface area contributed by atoms with Gasteiger partial charge in [0.25, 0.3) is 0 Å². The molecule has 0 aliphatic rings. The normalized spacial score (nSPS) is 14.9. The van der Waals surface area contributed by atoms with Crippen molar-refractivity contribution in [3.8, 4) is 0 Å². The largest absolute Gasteiger partial charge is 0.396 e. The molecule has 13 heteroatoms. The minimum absolute atomic E-state index is 0.122. The van der Waals surface area contributed by atoms with E-state index >= 15 is 0 Å². The van der Waals surface area contributed by atoms with E-state index in [1.807, 2.05) is 0 Å². The molecule has 0 heterocycles. The zero-order valence-corrected chi connectivity index (χ0v) is 16.8. The molecule has 31 heavy (non-hydrogen) atoms. The van der Waals surface area contributed by atoms with E-state index in [2.05, 4.69) is 0 Å². The van der Waals surface area contributed by atoms with Gasteiger partial charge in [-0.3, -0.25) is 0 Å². The highest BCUT2D eigenvalue weighted by atomic mass is 19.4. The predicted octanol–water partition coefficient (Wildman–Crippen LogP) is 7.71. The fourth-order valence-corrected chi connectivity index (χ4v) is 2.75. The van der Waals surface area contributed by atoms with Crippen molar-refractivity contribution in [2.45, 2.75) is 107 Å². The maximum absolute atomic E-state index is 13.7. The summed E-state index contributed by atoms with van der Waals surface area (Å²) in [5.74, 6) is -40.7. The van der Waals surface area contributed by atoms with Crippen LogP contribution in [0.4, 0.5) is 52.7 Å². The highest BCUT2D eigenvalue weighted by molar-refractivity contribution is 5.11. The number of rotatable bonds is 16. The first-order valence-corrected chi connectivity index (χ1v) is 9.75. The quantitative estimate of drug-likeness (QED) is 0.175. The van der Waals surface area contributed by atoms with Crippen molar-refractivity contribution in [1.82, 2.24) is 0 Å². The maximum atomic E-state index is 13.7. The van der Waals surface area contributed by atoms with Crippen molar-refractivity contribution < 1.29 is 57.8 Å². The fourth-order valence-electron chi connectivity index (χ4n) is 2.75. The molecule has 0 aliphatic carbocycles. The van der Waals surface area contributed by atoms with Crippen LogP contribution in [0.2, 0.25) is 0 Å². The average molecular weight is 486 g/mol. The van der Waals surface area contributed by atoms with Gasteiger partial charge in [0.15, 0.2) is 0 Å².